The van der Waals surface area contributed by atoms with E-state index in [9.17, 15) is 9.50 Å². The van der Waals surface area contributed by atoms with Crippen molar-refractivity contribution in [3.8, 4) is 6.07 Å². The minimum absolute atomic E-state index is 0.0979. The number of nitrogens with zero attached hydrogens (tertiary/aromatic N) is 2. The van der Waals surface area contributed by atoms with Gasteiger partial charge >= 0.3 is 0 Å². The Morgan fingerprint density at radius 1 is 1.53 bits per heavy atom. The minimum Gasteiger partial charge on any atom is -0.396 e. The molecule has 3 nitrogen and oxygen atoms in total. The normalized spacial score (nSPS) is 23.2. The molecule has 1 fully saturated rings. The van der Waals surface area contributed by atoms with Crippen molar-refractivity contribution in [2.24, 2.45) is 5.41 Å². The van der Waals surface area contributed by atoms with Crippen LogP contribution in [0.2, 0.25) is 0 Å². The Hall–Kier alpha value is -1.60. The van der Waals surface area contributed by atoms with E-state index in [1.165, 1.54) is 12.1 Å². The Bertz CT molecular complexity index is 491. The van der Waals surface area contributed by atoms with Crippen molar-refractivity contribution in [2.75, 3.05) is 24.6 Å². The van der Waals surface area contributed by atoms with Crippen LogP contribution in [0.3, 0.4) is 0 Å². The molecule has 1 atom stereocenters. The number of hydrogen-bond donors (Lipinski definition) is 1. The highest BCUT2D eigenvalue weighted by Crippen LogP contribution is 2.36. The Morgan fingerprint density at radius 3 is 2.95 bits per heavy atom. The molecule has 102 valence electrons. The third-order valence-corrected chi connectivity index (χ3v) is 4.17. The zero-order valence-corrected chi connectivity index (χ0v) is 11.2. The summed E-state index contributed by atoms with van der Waals surface area (Å²) in [6.07, 6.45) is 2.89. The predicted octanol–water partition coefficient (Wildman–Crippen LogP) is 2.69. The van der Waals surface area contributed by atoms with Crippen molar-refractivity contribution in [3.05, 3.63) is 29.6 Å². The quantitative estimate of drug-likeness (QED) is 0.911. The number of benzene rings is 1. The molecule has 0 bridgehead atoms. The average Bonchev–Trinajstić information content (AvgIpc) is 2.47. The highest BCUT2D eigenvalue weighted by molar-refractivity contribution is 5.59. The van der Waals surface area contributed by atoms with Gasteiger partial charge in [-0.25, -0.2) is 4.39 Å². The van der Waals surface area contributed by atoms with Crippen molar-refractivity contribution < 1.29 is 9.50 Å². The molecule has 0 aromatic heterocycles. The molecule has 0 unspecified atom stereocenters. The Balaban J connectivity index is 2.30. The molecule has 1 aromatic rings. The van der Waals surface area contributed by atoms with Gasteiger partial charge in [-0.2, -0.15) is 5.26 Å². The van der Waals surface area contributed by atoms with Crippen LogP contribution in [0.25, 0.3) is 0 Å². The lowest BCUT2D eigenvalue weighted by Gasteiger charge is -2.42. The number of piperidine rings is 1. The van der Waals surface area contributed by atoms with Crippen LogP contribution in [0, 0.1) is 22.6 Å². The van der Waals surface area contributed by atoms with E-state index in [1.54, 1.807) is 6.07 Å². The molecule has 1 aromatic carbocycles. The van der Waals surface area contributed by atoms with Crippen LogP contribution in [0.5, 0.6) is 0 Å². The Kier molecular flexibility index (Phi) is 4.06. The fourth-order valence-corrected chi connectivity index (χ4v) is 2.82. The van der Waals surface area contributed by atoms with Gasteiger partial charge in [0.1, 0.15) is 11.9 Å². The van der Waals surface area contributed by atoms with Gasteiger partial charge in [0.05, 0.1) is 17.9 Å². The van der Waals surface area contributed by atoms with E-state index in [-0.39, 0.29) is 17.8 Å². The lowest BCUT2D eigenvalue weighted by Crippen LogP contribution is -2.45. The van der Waals surface area contributed by atoms with E-state index in [2.05, 4.69) is 17.9 Å². The van der Waals surface area contributed by atoms with Gasteiger partial charge in [-0.15, -0.1) is 0 Å². The van der Waals surface area contributed by atoms with Crippen LogP contribution in [0.1, 0.15) is 31.7 Å². The Labute approximate surface area is 113 Å². The molecule has 0 radical (unpaired) electrons. The molecule has 1 N–H and O–H groups in total. The summed E-state index contributed by atoms with van der Waals surface area (Å²) in [5, 5.41) is 18.8. The number of anilines is 1. The second-order valence-electron chi connectivity index (χ2n) is 5.31. The summed E-state index contributed by atoms with van der Waals surface area (Å²) in [7, 11) is 0. The molecule has 0 spiro atoms. The SMILES string of the molecule is CC[C@@]1(CO)CCCN(c2ccc(F)cc2C#N)C1. The first-order chi connectivity index (χ1) is 9.14. The van der Waals surface area contributed by atoms with Crippen molar-refractivity contribution in [1.29, 1.82) is 5.26 Å². The van der Waals surface area contributed by atoms with Crippen molar-refractivity contribution in [2.45, 2.75) is 26.2 Å². The minimum atomic E-state index is -0.388. The van der Waals surface area contributed by atoms with Gasteiger partial charge < -0.3 is 10.0 Å². The highest BCUT2D eigenvalue weighted by atomic mass is 19.1. The third-order valence-electron chi connectivity index (χ3n) is 4.17. The monoisotopic (exact) mass is 262 g/mol. The first-order valence-electron chi connectivity index (χ1n) is 6.69. The topological polar surface area (TPSA) is 47.3 Å². The fraction of sp³-hybridized carbons (Fsp3) is 0.533. The largest absolute Gasteiger partial charge is 0.396 e. The molecular weight excluding hydrogens is 243 g/mol. The number of nitriles is 1. The van der Waals surface area contributed by atoms with Gasteiger partial charge in [0, 0.05) is 18.5 Å². The first kappa shape index (κ1) is 13.8. The van der Waals surface area contributed by atoms with E-state index in [0.29, 0.717) is 5.56 Å². The Morgan fingerprint density at radius 2 is 2.32 bits per heavy atom. The summed E-state index contributed by atoms with van der Waals surface area (Å²) in [4.78, 5) is 2.10. The van der Waals surface area contributed by atoms with Crippen LogP contribution in [-0.2, 0) is 0 Å². The average molecular weight is 262 g/mol. The van der Waals surface area contributed by atoms with Crippen LogP contribution in [-0.4, -0.2) is 24.8 Å². The van der Waals surface area contributed by atoms with Crippen LogP contribution >= 0.6 is 0 Å². The molecule has 2 rings (SSSR count). The van der Waals surface area contributed by atoms with Gasteiger partial charge in [0.2, 0.25) is 0 Å². The standard InChI is InChI=1S/C15H19FN2O/c1-2-15(11-19)6-3-7-18(10-15)14-5-4-13(16)8-12(14)9-17/h4-5,8,19H,2-3,6-7,10-11H2,1H3/t15-/m1/s1. The lowest BCUT2D eigenvalue weighted by atomic mass is 9.78. The van der Waals surface area contributed by atoms with Crippen LogP contribution in [0.4, 0.5) is 10.1 Å². The summed E-state index contributed by atoms with van der Waals surface area (Å²) in [5.74, 6) is -0.388. The smallest absolute Gasteiger partial charge is 0.124 e. The van der Waals surface area contributed by atoms with Crippen molar-refractivity contribution >= 4 is 5.69 Å². The second kappa shape index (κ2) is 5.58. The zero-order valence-electron chi connectivity index (χ0n) is 11.2. The second-order valence-corrected chi connectivity index (χ2v) is 5.31. The summed E-state index contributed by atoms with van der Waals surface area (Å²) in [5.41, 5.74) is 1.04. The van der Waals surface area contributed by atoms with Crippen LogP contribution in [0.15, 0.2) is 18.2 Å². The molecular formula is C15H19FN2O. The fourth-order valence-electron chi connectivity index (χ4n) is 2.82. The van der Waals surface area contributed by atoms with Crippen molar-refractivity contribution in [1.82, 2.24) is 0 Å². The van der Waals surface area contributed by atoms with Gasteiger partial charge in [-0.3, -0.25) is 0 Å². The molecule has 0 saturated carbocycles. The first-order valence-corrected chi connectivity index (χ1v) is 6.69. The molecule has 1 aliphatic rings. The molecule has 1 saturated heterocycles. The third kappa shape index (κ3) is 2.71. The van der Waals surface area contributed by atoms with Crippen LogP contribution < -0.4 is 4.90 Å². The molecule has 19 heavy (non-hydrogen) atoms. The molecule has 1 aliphatic heterocycles. The van der Waals surface area contributed by atoms with E-state index in [4.69, 9.17) is 5.26 Å². The van der Waals surface area contributed by atoms with Crippen molar-refractivity contribution in [3.63, 3.8) is 0 Å². The van der Waals surface area contributed by atoms with E-state index < -0.39 is 0 Å². The van der Waals surface area contributed by atoms with Gasteiger partial charge in [0.15, 0.2) is 0 Å². The maximum Gasteiger partial charge on any atom is 0.124 e. The number of aliphatic hydroxyl groups is 1. The number of aliphatic hydroxyl groups excluding tert-OH is 1. The maximum absolute atomic E-state index is 13.2. The zero-order chi connectivity index (χ0) is 13.9. The number of halogens is 1. The highest BCUT2D eigenvalue weighted by Gasteiger charge is 2.34. The molecule has 1 heterocycles. The van der Waals surface area contributed by atoms with E-state index in [1.807, 2.05) is 0 Å². The number of rotatable bonds is 3. The predicted molar refractivity (Wildman–Crippen MR) is 72.4 cm³/mol. The van der Waals surface area contributed by atoms with Gasteiger partial charge in [0.25, 0.3) is 0 Å². The lowest BCUT2D eigenvalue weighted by molar-refractivity contribution is 0.101. The summed E-state index contributed by atoms with van der Waals surface area (Å²) >= 11 is 0. The summed E-state index contributed by atoms with van der Waals surface area (Å²) in [6.45, 7) is 3.81. The molecule has 4 heteroatoms. The summed E-state index contributed by atoms with van der Waals surface area (Å²) < 4.78 is 13.2. The summed E-state index contributed by atoms with van der Waals surface area (Å²) in [6, 6.07) is 6.38. The van der Waals surface area contributed by atoms with E-state index >= 15 is 0 Å². The molecule has 0 aliphatic carbocycles. The van der Waals surface area contributed by atoms with Gasteiger partial charge in [-0.05, 0) is 37.5 Å². The van der Waals surface area contributed by atoms with Gasteiger partial charge in [-0.1, -0.05) is 6.92 Å². The van der Waals surface area contributed by atoms with E-state index in [0.717, 1.165) is 38.0 Å². The number of hydrogen-bond acceptors (Lipinski definition) is 3. The maximum atomic E-state index is 13.2. The molecule has 0 amide bonds.